The minimum atomic E-state index is -0.311. The molecule has 3 aliphatic rings. The van der Waals surface area contributed by atoms with E-state index in [2.05, 4.69) is 38.7 Å². The van der Waals surface area contributed by atoms with Gasteiger partial charge in [-0.05, 0) is 47.7 Å². The summed E-state index contributed by atoms with van der Waals surface area (Å²) in [6, 6.07) is 22.0. The second-order valence-corrected chi connectivity index (χ2v) is 9.16. The Morgan fingerprint density at radius 2 is 1.59 bits per heavy atom. The number of halogens is 1. The molecule has 0 aromatic heterocycles. The Kier molecular flexibility index (Phi) is 4.68. The first-order valence-corrected chi connectivity index (χ1v) is 11.5. The summed E-state index contributed by atoms with van der Waals surface area (Å²) in [7, 11) is 0. The molecule has 0 radical (unpaired) electrons. The molecule has 0 saturated carbocycles. The Balaban J connectivity index is 1.49. The van der Waals surface area contributed by atoms with Gasteiger partial charge in [0.25, 0.3) is 0 Å². The molecule has 160 valence electrons. The van der Waals surface area contributed by atoms with Crippen LogP contribution in [0.25, 0.3) is 0 Å². The molecule has 5 nitrogen and oxygen atoms in total. The smallest absolute Gasteiger partial charge is 0.231 e. The van der Waals surface area contributed by atoms with Gasteiger partial charge >= 0.3 is 0 Å². The van der Waals surface area contributed by atoms with Gasteiger partial charge in [0.2, 0.25) is 6.79 Å². The van der Waals surface area contributed by atoms with Crippen molar-refractivity contribution in [1.82, 2.24) is 0 Å². The molecule has 0 fully saturated rings. The zero-order valence-electron chi connectivity index (χ0n) is 17.2. The largest absolute Gasteiger partial charge is 0.454 e. The number of hydrogen-bond acceptors (Lipinski definition) is 5. The van der Waals surface area contributed by atoms with Crippen molar-refractivity contribution < 1.29 is 14.3 Å². The van der Waals surface area contributed by atoms with Crippen molar-refractivity contribution in [2.75, 3.05) is 17.4 Å². The lowest BCUT2D eigenvalue weighted by atomic mass is 9.78. The number of nitrogens with one attached hydrogen (secondary N) is 2. The summed E-state index contributed by atoms with van der Waals surface area (Å²) < 4.78 is 12.0. The summed E-state index contributed by atoms with van der Waals surface area (Å²) >= 11 is 3.71. The first-order chi connectivity index (χ1) is 15.7. The molecule has 0 saturated heterocycles. The van der Waals surface area contributed by atoms with Crippen molar-refractivity contribution in [2.24, 2.45) is 0 Å². The molecule has 32 heavy (non-hydrogen) atoms. The van der Waals surface area contributed by atoms with E-state index in [0.717, 1.165) is 39.1 Å². The van der Waals surface area contributed by atoms with Crippen molar-refractivity contribution in [3.8, 4) is 11.5 Å². The molecule has 0 spiro atoms. The third-order valence-electron chi connectivity index (χ3n) is 6.38. The lowest BCUT2D eigenvalue weighted by Gasteiger charge is -2.30. The van der Waals surface area contributed by atoms with Gasteiger partial charge in [-0.1, -0.05) is 58.4 Å². The van der Waals surface area contributed by atoms with Gasteiger partial charge in [-0.2, -0.15) is 0 Å². The van der Waals surface area contributed by atoms with Crippen molar-refractivity contribution in [3.63, 3.8) is 0 Å². The first-order valence-electron chi connectivity index (χ1n) is 10.7. The molecule has 2 N–H and O–H groups in total. The molecule has 0 unspecified atom stereocenters. The maximum Gasteiger partial charge on any atom is 0.231 e. The van der Waals surface area contributed by atoms with E-state index < -0.39 is 0 Å². The van der Waals surface area contributed by atoms with Crippen molar-refractivity contribution >= 4 is 33.1 Å². The van der Waals surface area contributed by atoms with Gasteiger partial charge in [0.05, 0.1) is 17.4 Å². The standard InChI is InChI=1S/C26H21BrN2O3/c27-18-13-24-23(31-14-32-24)12-17(18)26-25-21(28-19-8-4-5-9-20(19)29-26)10-16(11-22(25)30)15-6-2-1-3-7-15/h1-9,12-13,16,26,28-29H,10-11,14H2/t16-,26+/m0/s1. The highest BCUT2D eigenvalue weighted by Gasteiger charge is 2.37. The number of anilines is 2. The minimum Gasteiger partial charge on any atom is -0.454 e. The van der Waals surface area contributed by atoms with Gasteiger partial charge in [-0.3, -0.25) is 4.79 Å². The van der Waals surface area contributed by atoms with Gasteiger partial charge < -0.3 is 20.1 Å². The Labute approximate surface area is 194 Å². The van der Waals surface area contributed by atoms with E-state index in [1.165, 1.54) is 5.56 Å². The van der Waals surface area contributed by atoms with Crippen LogP contribution in [0.4, 0.5) is 11.4 Å². The number of para-hydroxylation sites is 2. The highest BCUT2D eigenvalue weighted by molar-refractivity contribution is 9.10. The molecule has 0 amide bonds. The summed E-state index contributed by atoms with van der Waals surface area (Å²) in [5.74, 6) is 1.72. The fourth-order valence-electron chi connectivity index (χ4n) is 4.84. The predicted molar refractivity (Wildman–Crippen MR) is 127 cm³/mol. The van der Waals surface area contributed by atoms with Crippen LogP contribution in [-0.2, 0) is 4.79 Å². The minimum absolute atomic E-state index is 0.154. The molecule has 1 aliphatic carbocycles. The quantitative estimate of drug-likeness (QED) is 0.452. The van der Waals surface area contributed by atoms with E-state index >= 15 is 0 Å². The van der Waals surface area contributed by atoms with Crippen LogP contribution in [0.1, 0.15) is 35.9 Å². The Morgan fingerprint density at radius 1 is 0.875 bits per heavy atom. The second-order valence-electron chi connectivity index (χ2n) is 8.31. The summed E-state index contributed by atoms with van der Waals surface area (Å²) in [5.41, 5.74) is 5.84. The summed E-state index contributed by atoms with van der Waals surface area (Å²) in [6.07, 6.45) is 1.26. The lowest BCUT2D eigenvalue weighted by Crippen LogP contribution is -2.27. The fraction of sp³-hybridized carbons (Fsp3) is 0.192. The van der Waals surface area contributed by atoms with Crippen LogP contribution < -0.4 is 20.1 Å². The van der Waals surface area contributed by atoms with Crippen molar-refractivity contribution in [3.05, 3.63) is 93.6 Å². The molecular formula is C26H21BrN2O3. The average molecular weight is 489 g/mol. The molecule has 2 aliphatic heterocycles. The van der Waals surface area contributed by atoms with Crippen LogP contribution in [-0.4, -0.2) is 12.6 Å². The maximum atomic E-state index is 13.6. The molecule has 6 rings (SSSR count). The topological polar surface area (TPSA) is 59.6 Å². The van der Waals surface area contributed by atoms with E-state index in [0.29, 0.717) is 17.9 Å². The van der Waals surface area contributed by atoms with Gasteiger partial charge in [0.15, 0.2) is 17.3 Å². The second kappa shape index (κ2) is 7.71. The number of carbonyl (C=O) groups is 1. The normalized spacial score (nSPS) is 21.2. The van der Waals surface area contributed by atoms with Crippen LogP contribution in [0.5, 0.6) is 11.5 Å². The third kappa shape index (κ3) is 3.26. The van der Waals surface area contributed by atoms with Crippen LogP contribution >= 0.6 is 15.9 Å². The number of fused-ring (bicyclic) bond motifs is 2. The van der Waals surface area contributed by atoms with Gasteiger partial charge in [-0.15, -0.1) is 0 Å². The lowest BCUT2D eigenvalue weighted by molar-refractivity contribution is -0.116. The van der Waals surface area contributed by atoms with E-state index in [4.69, 9.17) is 9.47 Å². The van der Waals surface area contributed by atoms with Crippen molar-refractivity contribution in [1.29, 1.82) is 0 Å². The van der Waals surface area contributed by atoms with Gasteiger partial charge in [-0.25, -0.2) is 0 Å². The van der Waals surface area contributed by atoms with Gasteiger partial charge in [0.1, 0.15) is 0 Å². The molecule has 6 heteroatoms. The zero-order chi connectivity index (χ0) is 21.7. The summed E-state index contributed by atoms with van der Waals surface area (Å²) in [4.78, 5) is 13.6. The monoisotopic (exact) mass is 488 g/mol. The number of Topliss-reactive ketones (excluding diaryl/α,β-unsaturated/α-hetero) is 1. The van der Waals surface area contributed by atoms with E-state index in [9.17, 15) is 4.79 Å². The number of ketones is 1. The highest BCUT2D eigenvalue weighted by atomic mass is 79.9. The highest BCUT2D eigenvalue weighted by Crippen LogP contribution is 2.47. The van der Waals surface area contributed by atoms with Gasteiger partial charge in [0, 0.05) is 22.2 Å². The number of rotatable bonds is 2. The molecule has 3 aromatic rings. The number of carbonyl (C=O) groups excluding carboxylic acids is 1. The summed E-state index contributed by atoms with van der Waals surface area (Å²) in [6.45, 7) is 0.208. The molecule has 0 bridgehead atoms. The Morgan fingerprint density at radius 3 is 2.41 bits per heavy atom. The van der Waals surface area contributed by atoms with Crippen LogP contribution in [0.3, 0.4) is 0 Å². The first kappa shape index (κ1) is 19.4. The SMILES string of the molecule is O=C1C[C@@H](c2ccccc2)CC2=C1[C@@H](c1cc3c(cc1Br)OCO3)Nc1ccccc1N2. The number of hydrogen-bond donors (Lipinski definition) is 2. The molecule has 2 heterocycles. The Hall–Kier alpha value is -3.25. The average Bonchev–Trinajstić information content (AvgIpc) is 3.18. The van der Waals surface area contributed by atoms with E-state index in [-0.39, 0.29) is 24.5 Å². The number of benzene rings is 3. The molecule has 2 atom stereocenters. The molecular weight excluding hydrogens is 468 g/mol. The summed E-state index contributed by atoms with van der Waals surface area (Å²) in [5, 5.41) is 7.21. The fourth-order valence-corrected chi connectivity index (χ4v) is 5.39. The van der Waals surface area contributed by atoms with E-state index in [1.54, 1.807) is 0 Å². The number of ether oxygens (including phenoxy) is 2. The van der Waals surface area contributed by atoms with Crippen LogP contribution in [0.15, 0.2) is 82.5 Å². The van der Waals surface area contributed by atoms with E-state index in [1.807, 2.05) is 54.6 Å². The zero-order valence-corrected chi connectivity index (χ0v) is 18.8. The molecule has 3 aromatic carbocycles. The number of allylic oxidation sites excluding steroid dienone is 1. The Bertz CT molecular complexity index is 1260. The predicted octanol–water partition coefficient (Wildman–Crippen LogP) is 6.16. The third-order valence-corrected chi connectivity index (χ3v) is 7.07. The van der Waals surface area contributed by atoms with Crippen LogP contribution in [0.2, 0.25) is 0 Å². The van der Waals surface area contributed by atoms with Crippen LogP contribution in [0, 0.1) is 0 Å². The van der Waals surface area contributed by atoms with Crippen molar-refractivity contribution in [2.45, 2.75) is 24.8 Å². The maximum absolute atomic E-state index is 13.6.